The molecule has 188 valence electrons. The highest BCUT2D eigenvalue weighted by molar-refractivity contribution is 6.02. The Kier molecular flexibility index (Phi) is 8.05. The summed E-state index contributed by atoms with van der Waals surface area (Å²) in [5, 5.41) is 2.81. The van der Waals surface area contributed by atoms with Crippen LogP contribution < -0.4 is 19.7 Å². The second-order valence-electron chi connectivity index (χ2n) is 8.54. The molecule has 0 atom stereocenters. The summed E-state index contributed by atoms with van der Waals surface area (Å²) in [6, 6.07) is 15.8. The van der Waals surface area contributed by atoms with E-state index < -0.39 is 0 Å². The van der Waals surface area contributed by atoms with E-state index in [1.54, 1.807) is 30.3 Å². The van der Waals surface area contributed by atoms with Crippen molar-refractivity contribution in [3.63, 3.8) is 0 Å². The van der Waals surface area contributed by atoms with Gasteiger partial charge in [0.05, 0.1) is 12.2 Å². The third-order valence-corrected chi connectivity index (χ3v) is 5.94. The molecule has 2 amide bonds. The van der Waals surface area contributed by atoms with Crippen molar-refractivity contribution in [2.75, 3.05) is 24.7 Å². The van der Waals surface area contributed by atoms with Crippen LogP contribution in [0.25, 0.3) is 0 Å². The molecular formula is C28H30N2O6. The zero-order valence-electron chi connectivity index (χ0n) is 20.5. The monoisotopic (exact) mass is 490 g/mol. The molecular weight excluding hydrogens is 460 g/mol. The zero-order chi connectivity index (χ0) is 25.5. The van der Waals surface area contributed by atoms with E-state index in [2.05, 4.69) is 12.2 Å². The number of nitrogens with one attached hydrogen (secondary N) is 1. The van der Waals surface area contributed by atoms with Crippen molar-refractivity contribution in [3.8, 4) is 11.5 Å². The second kappa shape index (κ2) is 11.6. The lowest BCUT2D eigenvalue weighted by Gasteiger charge is -2.29. The van der Waals surface area contributed by atoms with Crippen molar-refractivity contribution in [3.05, 3.63) is 77.2 Å². The van der Waals surface area contributed by atoms with Gasteiger partial charge in [0, 0.05) is 12.1 Å². The number of unbranched alkanes of at least 4 members (excludes halogenated alkanes) is 1. The number of hydrogen-bond donors (Lipinski definition) is 1. The third kappa shape index (κ3) is 5.94. The fourth-order valence-corrected chi connectivity index (χ4v) is 3.81. The average molecular weight is 491 g/mol. The highest BCUT2D eigenvalue weighted by atomic mass is 16.5. The molecule has 0 saturated carbocycles. The maximum absolute atomic E-state index is 12.8. The van der Waals surface area contributed by atoms with E-state index in [1.807, 2.05) is 31.2 Å². The number of carbonyl (C=O) groups is 3. The molecule has 36 heavy (non-hydrogen) atoms. The van der Waals surface area contributed by atoms with Crippen molar-refractivity contribution < 1.29 is 28.3 Å². The minimum Gasteiger partial charge on any atom is -0.485 e. The van der Waals surface area contributed by atoms with Crippen LogP contribution >= 0.6 is 0 Å². The van der Waals surface area contributed by atoms with Gasteiger partial charge in [-0.15, -0.1) is 0 Å². The number of aryl methyl sites for hydroxylation is 1. The number of benzene rings is 2. The van der Waals surface area contributed by atoms with Crippen LogP contribution in [0, 0.1) is 0 Å². The van der Waals surface area contributed by atoms with Crippen LogP contribution in [0.3, 0.4) is 0 Å². The molecule has 0 radical (unpaired) electrons. The first kappa shape index (κ1) is 25.0. The summed E-state index contributed by atoms with van der Waals surface area (Å²) >= 11 is 0. The molecule has 0 fully saturated rings. The van der Waals surface area contributed by atoms with Crippen molar-refractivity contribution in [1.82, 2.24) is 5.32 Å². The Morgan fingerprint density at radius 2 is 1.86 bits per heavy atom. The standard InChI is InChI=1S/C28H30N2O6/c1-3-5-14-29-28(33)26-13-11-22(36-26)16-30-23-15-20(8-12-25(23)35-18-27(30)32)24(31)17-34-21-9-6-19(4-2)7-10-21/h6-13,15H,3-5,14,16-18H2,1-2H3,(H,29,33). The molecule has 4 rings (SSSR count). The first-order chi connectivity index (χ1) is 17.5. The molecule has 0 bridgehead atoms. The maximum atomic E-state index is 12.8. The van der Waals surface area contributed by atoms with Crippen LogP contribution in [0.1, 0.15) is 58.9 Å². The van der Waals surface area contributed by atoms with Gasteiger partial charge in [-0.05, 0) is 60.9 Å². The Labute approximate surface area is 210 Å². The van der Waals surface area contributed by atoms with Gasteiger partial charge < -0.3 is 19.2 Å². The number of hydrogen-bond acceptors (Lipinski definition) is 6. The number of ketones is 1. The van der Waals surface area contributed by atoms with Crippen LogP contribution in [0.2, 0.25) is 0 Å². The van der Waals surface area contributed by atoms with Gasteiger partial charge in [-0.3, -0.25) is 19.3 Å². The fourth-order valence-electron chi connectivity index (χ4n) is 3.81. The third-order valence-electron chi connectivity index (χ3n) is 5.94. The number of furan rings is 1. The lowest BCUT2D eigenvalue weighted by Crippen LogP contribution is -2.38. The number of rotatable bonds is 11. The summed E-state index contributed by atoms with van der Waals surface area (Å²) in [7, 11) is 0. The van der Waals surface area contributed by atoms with Gasteiger partial charge in [-0.1, -0.05) is 32.4 Å². The highest BCUT2D eigenvalue weighted by Crippen LogP contribution is 2.34. The van der Waals surface area contributed by atoms with Gasteiger partial charge in [-0.25, -0.2) is 0 Å². The smallest absolute Gasteiger partial charge is 0.286 e. The van der Waals surface area contributed by atoms with Crippen molar-refractivity contribution in [1.29, 1.82) is 0 Å². The highest BCUT2D eigenvalue weighted by Gasteiger charge is 2.28. The predicted molar refractivity (Wildman–Crippen MR) is 135 cm³/mol. The predicted octanol–water partition coefficient (Wildman–Crippen LogP) is 4.56. The van der Waals surface area contributed by atoms with E-state index in [-0.39, 0.29) is 43.1 Å². The summed E-state index contributed by atoms with van der Waals surface area (Å²) < 4.78 is 16.9. The summed E-state index contributed by atoms with van der Waals surface area (Å²) in [4.78, 5) is 39.3. The molecule has 1 aliphatic heterocycles. The first-order valence-electron chi connectivity index (χ1n) is 12.2. The normalized spacial score (nSPS) is 12.6. The molecule has 0 spiro atoms. The number of nitrogens with zero attached hydrogens (tertiary/aromatic N) is 1. The lowest BCUT2D eigenvalue weighted by molar-refractivity contribution is -0.121. The second-order valence-corrected chi connectivity index (χ2v) is 8.54. The quantitative estimate of drug-likeness (QED) is 0.313. The van der Waals surface area contributed by atoms with Gasteiger partial charge in [0.1, 0.15) is 17.3 Å². The number of Topliss-reactive ketones (excluding diaryl/α,β-unsaturated/α-hetero) is 1. The minimum atomic E-state index is -0.291. The van der Waals surface area contributed by atoms with Gasteiger partial charge in [0.25, 0.3) is 11.8 Å². The molecule has 0 saturated heterocycles. The molecule has 2 heterocycles. The van der Waals surface area contributed by atoms with Gasteiger partial charge in [-0.2, -0.15) is 0 Å². The van der Waals surface area contributed by atoms with Crippen LogP contribution in [-0.4, -0.2) is 37.4 Å². The summed E-state index contributed by atoms with van der Waals surface area (Å²) in [5.74, 6) is 0.963. The number of anilines is 1. The molecule has 8 heteroatoms. The lowest BCUT2D eigenvalue weighted by atomic mass is 10.1. The van der Waals surface area contributed by atoms with Gasteiger partial charge in [0.2, 0.25) is 0 Å². The number of amides is 2. The molecule has 1 N–H and O–H groups in total. The minimum absolute atomic E-state index is 0.107. The molecule has 8 nitrogen and oxygen atoms in total. The zero-order valence-corrected chi connectivity index (χ0v) is 20.5. The van der Waals surface area contributed by atoms with Crippen molar-refractivity contribution in [2.24, 2.45) is 0 Å². The van der Waals surface area contributed by atoms with E-state index in [0.29, 0.717) is 35.1 Å². The number of ether oxygens (including phenoxy) is 2. The maximum Gasteiger partial charge on any atom is 0.286 e. The summed E-state index contributed by atoms with van der Waals surface area (Å²) in [6.07, 6.45) is 2.79. The van der Waals surface area contributed by atoms with E-state index >= 15 is 0 Å². The van der Waals surface area contributed by atoms with Crippen molar-refractivity contribution in [2.45, 2.75) is 39.7 Å². The molecule has 1 aromatic heterocycles. The Hall–Kier alpha value is -4.07. The molecule has 0 aliphatic carbocycles. The summed E-state index contributed by atoms with van der Waals surface area (Å²) in [5.41, 5.74) is 2.06. The topological polar surface area (TPSA) is 98.1 Å². The van der Waals surface area contributed by atoms with Crippen LogP contribution in [0.4, 0.5) is 5.69 Å². The Morgan fingerprint density at radius 1 is 1.06 bits per heavy atom. The fraction of sp³-hybridized carbons (Fsp3) is 0.321. The molecule has 1 aliphatic rings. The summed E-state index contributed by atoms with van der Waals surface area (Å²) in [6.45, 7) is 4.55. The van der Waals surface area contributed by atoms with Gasteiger partial charge in [0.15, 0.2) is 24.8 Å². The number of fused-ring (bicyclic) bond motifs is 1. The Balaban J connectivity index is 1.45. The van der Waals surface area contributed by atoms with E-state index in [9.17, 15) is 14.4 Å². The van der Waals surface area contributed by atoms with Crippen LogP contribution in [0.15, 0.2) is 59.0 Å². The number of carbonyl (C=O) groups excluding carboxylic acids is 3. The van der Waals surface area contributed by atoms with Crippen LogP contribution in [0.5, 0.6) is 11.5 Å². The van der Waals surface area contributed by atoms with Gasteiger partial charge >= 0.3 is 0 Å². The average Bonchev–Trinajstić information content (AvgIpc) is 3.38. The molecule has 2 aromatic carbocycles. The van der Waals surface area contributed by atoms with E-state index in [4.69, 9.17) is 13.9 Å². The molecule has 0 unspecified atom stereocenters. The first-order valence-corrected chi connectivity index (χ1v) is 12.2. The molecule has 3 aromatic rings. The largest absolute Gasteiger partial charge is 0.485 e. The van der Waals surface area contributed by atoms with E-state index in [0.717, 1.165) is 19.3 Å². The van der Waals surface area contributed by atoms with E-state index in [1.165, 1.54) is 10.5 Å². The SMILES string of the molecule is CCCCNC(=O)c1ccc(CN2C(=O)COc3ccc(C(=O)COc4ccc(CC)cc4)cc32)o1. The Bertz CT molecular complexity index is 1230. The Morgan fingerprint density at radius 3 is 2.61 bits per heavy atom. The van der Waals surface area contributed by atoms with Crippen molar-refractivity contribution >= 4 is 23.3 Å². The van der Waals surface area contributed by atoms with Crippen LogP contribution in [-0.2, 0) is 17.8 Å².